The Labute approximate surface area is 623 Å². The minimum Gasteiger partial charge on any atom is -0.508 e. The molecule has 6 rings (SSSR count). The monoisotopic (exact) mass is 1540 g/mol. The van der Waals surface area contributed by atoms with Crippen LogP contribution in [0.5, 0.6) is 11.5 Å². The van der Waals surface area contributed by atoms with Crippen LogP contribution >= 0.6 is 7.82 Å². The third-order valence-electron chi connectivity index (χ3n) is 19.5. The van der Waals surface area contributed by atoms with E-state index >= 15 is 0 Å². The number of phenols is 1. The second kappa shape index (κ2) is 40.9. The second-order valence-electron chi connectivity index (χ2n) is 27.8. The number of aromatic hydroxyl groups is 1. The molecular weight excluding hydrogens is 1440 g/mol. The number of rotatable bonds is 40. The number of phosphoric acid groups is 1. The van der Waals surface area contributed by atoms with Crippen LogP contribution < -0.4 is 70.0 Å². The summed E-state index contributed by atoms with van der Waals surface area (Å²) in [6.07, 6.45) is 0.420. The molecule has 0 aliphatic carbocycles. The highest BCUT2D eigenvalue weighted by molar-refractivity contribution is 7.46. The average Bonchev–Trinajstić information content (AvgIpc) is 1.63. The first-order valence-corrected chi connectivity index (χ1v) is 37.7. The third-order valence-corrected chi connectivity index (χ3v) is 20.0. The van der Waals surface area contributed by atoms with Crippen LogP contribution in [-0.2, 0) is 89.3 Å². The number of nitrogens with two attached hydrogens (primary N) is 4. The van der Waals surface area contributed by atoms with Crippen molar-refractivity contribution < 1.29 is 106 Å². The smallest absolute Gasteiger partial charge is 0.508 e. The molecule has 2 aromatic carbocycles. The van der Waals surface area contributed by atoms with Gasteiger partial charge in [-0.2, -0.15) is 0 Å². The molecule has 13 atom stereocenters. The molecule has 39 heteroatoms. The fraction of sp³-hybridized carbons (Fsp3) is 0.609. The van der Waals surface area contributed by atoms with Gasteiger partial charge in [-0.15, -0.1) is 0 Å². The Morgan fingerprint density at radius 2 is 0.963 bits per heavy atom. The van der Waals surface area contributed by atoms with Gasteiger partial charge in [0.25, 0.3) is 0 Å². The van der Waals surface area contributed by atoms with E-state index in [0.29, 0.717) is 44.2 Å². The summed E-state index contributed by atoms with van der Waals surface area (Å²) in [5.74, 6) is -15.5. The first-order valence-electron chi connectivity index (χ1n) is 36.2. The molecule has 0 aromatic heterocycles. The Hall–Kier alpha value is -9.88. The first kappa shape index (κ1) is 87.0. The van der Waals surface area contributed by atoms with E-state index in [1.165, 1.54) is 51.1 Å². The molecule has 0 saturated carbocycles. The van der Waals surface area contributed by atoms with Gasteiger partial charge in [-0.1, -0.05) is 58.4 Å². The predicted octanol–water partition coefficient (Wildman–Crippen LogP) is -4.50. The molecule has 4 aliphatic heterocycles. The third kappa shape index (κ3) is 24.8. The van der Waals surface area contributed by atoms with Crippen LogP contribution in [0, 0.1) is 11.8 Å². The molecule has 4 heterocycles. The summed E-state index contributed by atoms with van der Waals surface area (Å²) in [5.41, 5.74) is 23.0. The number of carboxylic acids is 1. The lowest BCUT2D eigenvalue weighted by atomic mass is 9.96. The van der Waals surface area contributed by atoms with Crippen molar-refractivity contribution in [1.29, 1.82) is 0 Å². The summed E-state index contributed by atoms with van der Waals surface area (Å²) >= 11 is 0. The van der Waals surface area contributed by atoms with E-state index < -0.39 is 207 Å². The number of primary amides is 2. The van der Waals surface area contributed by atoms with E-state index in [-0.39, 0.29) is 108 Å². The molecule has 14 amide bonds. The van der Waals surface area contributed by atoms with E-state index in [0.717, 1.165) is 17.0 Å². The first-order chi connectivity index (χ1) is 51.1. The van der Waals surface area contributed by atoms with E-state index in [1.54, 1.807) is 27.7 Å². The number of amides is 14. The molecule has 4 aliphatic rings. The van der Waals surface area contributed by atoms with Crippen molar-refractivity contribution in [3.8, 4) is 11.5 Å². The van der Waals surface area contributed by atoms with Gasteiger partial charge in [0.1, 0.15) is 84.0 Å². The Kier molecular flexibility index (Phi) is 33.0. The molecule has 0 spiro atoms. The average molecular weight is 1540 g/mol. The lowest BCUT2D eigenvalue weighted by molar-refractivity contribution is -0.149. The molecule has 108 heavy (non-hydrogen) atoms. The molecular formula is C69H103N16O22P. The summed E-state index contributed by atoms with van der Waals surface area (Å²) in [5, 5.41) is 51.0. The Balaban J connectivity index is 1.19. The highest BCUT2D eigenvalue weighted by atomic mass is 31.2. The predicted molar refractivity (Wildman–Crippen MR) is 382 cm³/mol. The van der Waals surface area contributed by atoms with Gasteiger partial charge >= 0.3 is 13.8 Å². The fourth-order valence-corrected chi connectivity index (χ4v) is 13.9. The van der Waals surface area contributed by atoms with Gasteiger partial charge < -0.3 is 105 Å². The number of phosphoric ester groups is 1. The van der Waals surface area contributed by atoms with E-state index in [9.17, 15) is 102 Å². The number of unbranched alkanes of at least 4 members (excludes halogenated alkanes) is 1. The van der Waals surface area contributed by atoms with E-state index in [1.807, 2.05) is 0 Å². The fourth-order valence-electron chi connectivity index (χ4n) is 13.5. The molecule has 2 aromatic rings. The second-order valence-corrected chi connectivity index (χ2v) is 28.9. The number of hydrogen-bond donors (Lipinski definition) is 17. The van der Waals surface area contributed by atoms with Crippen molar-refractivity contribution in [2.75, 3.05) is 45.9 Å². The molecule has 0 bridgehead atoms. The van der Waals surface area contributed by atoms with Crippen LogP contribution in [0.4, 0.5) is 0 Å². The van der Waals surface area contributed by atoms with Crippen molar-refractivity contribution >= 4 is 96.5 Å². The topological polar surface area (TPSA) is 597 Å². The lowest BCUT2D eigenvalue weighted by Gasteiger charge is -2.33. The summed E-state index contributed by atoms with van der Waals surface area (Å²) in [6, 6.07) is -6.81. The van der Waals surface area contributed by atoms with Crippen LogP contribution in [0.25, 0.3) is 0 Å². The number of benzene rings is 2. The number of aliphatic hydroxyl groups excluding tert-OH is 1. The zero-order valence-corrected chi connectivity index (χ0v) is 61.8. The number of nitrogens with one attached hydrogen (secondary N) is 8. The minimum atomic E-state index is -5.05. The number of nitrogens with zero attached hydrogens (tertiary/aromatic N) is 4. The lowest BCUT2D eigenvalue weighted by Crippen LogP contribution is -2.62. The van der Waals surface area contributed by atoms with Crippen molar-refractivity contribution in [3.05, 3.63) is 59.7 Å². The van der Waals surface area contributed by atoms with Gasteiger partial charge in [-0.25, -0.2) is 9.36 Å². The van der Waals surface area contributed by atoms with Crippen molar-refractivity contribution in [2.24, 2.45) is 34.8 Å². The normalized spacial score (nSPS) is 19.6. The molecule has 38 nitrogen and oxygen atoms in total. The van der Waals surface area contributed by atoms with Gasteiger partial charge in [-0.3, -0.25) is 76.9 Å². The van der Waals surface area contributed by atoms with E-state index in [4.69, 9.17) is 22.9 Å². The molecule has 4 saturated heterocycles. The van der Waals surface area contributed by atoms with Crippen molar-refractivity contribution in [1.82, 2.24) is 62.1 Å². The quantitative estimate of drug-likeness (QED) is 0.0221. The Morgan fingerprint density at radius 1 is 0.528 bits per heavy atom. The number of carboxylic acid groups (broad SMARTS) is 1. The van der Waals surface area contributed by atoms with Crippen molar-refractivity contribution in [3.63, 3.8) is 0 Å². The molecule has 0 radical (unpaired) electrons. The molecule has 4 fully saturated rings. The molecule has 21 N–H and O–H groups in total. The van der Waals surface area contributed by atoms with Crippen LogP contribution in [0.2, 0.25) is 0 Å². The number of likely N-dealkylation sites (tertiary alicyclic amines) is 4. The SMILES string of the molecule is CC[C@H](C)[C@H](NC(=O)[C@H](CC(N)=O)NC(=O)[C@@H]1CCCN1C(=O)[C@@H]1CCCN1C(=O)[C@H](CO)NC(=O)[C@H](CCC(N)=O)NC(=O)[C@@H]1CCCN1C(=O)[C@@H]1CCCN1C(=O)CN)C(=O)N[C@@H](Cc1ccc(OP(=O)(O)O)cc1)C(=O)N[C@@H](Cc1ccc(O)cc1)C(=O)N[C@@H](CCCCN)C(=O)N[C@H](C(=O)O)C(C)C. The van der Waals surface area contributed by atoms with Gasteiger partial charge in [0.15, 0.2) is 0 Å². The van der Waals surface area contributed by atoms with Gasteiger partial charge in [0.05, 0.1) is 19.6 Å². The number of aliphatic carboxylic acids is 1. The largest absolute Gasteiger partial charge is 0.524 e. The maximum absolute atomic E-state index is 14.9. The zero-order chi connectivity index (χ0) is 79.9. The van der Waals surface area contributed by atoms with Crippen LogP contribution in [0.15, 0.2) is 48.5 Å². The van der Waals surface area contributed by atoms with Crippen LogP contribution in [0.1, 0.15) is 135 Å². The van der Waals surface area contributed by atoms with Gasteiger partial charge in [-0.05, 0) is 131 Å². The summed E-state index contributed by atoms with van der Waals surface area (Å²) in [6.45, 7) is 5.56. The van der Waals surface area contributed by atoms with E-state index in [2.05, 4.69) is 47.1 Å². The molecule has 596 valence electrons. The highest BCUT2D eigenvalue weighted by Crippen LogP contribution is 2.37. The van der Waals surface area contributed by atoms with Crippen LogP contribution in [0.3, 0.4) is 0 Å². The highest BCUT2D eigenvalue weighted by Gasteiger charge is 2.47. The minimum absolute atomic E-state index is 0.00506. The van der Waals surface area contributed by atoms with Gasteiger partial charge in [0, 0.05) is 45.4 Å². The number of carbonyl (C=O) groups excluding carboxylic acids is 14. The number of aliphatic hydroxyl groups is 1. The number of hydrogen-bond acceptors (Lipinski definition) is 21. The zero-order valence-electron chi connectivity index (χ0n) is 60.9. The van der Waals surface area contributed by atoms with Crippen LogP contribution in [-0.4, -0.2) is 252 Å². The van der Waals surface area contributed by atoms with Gasteiger partial charge in [0.2, 0.25) is 82.7 Å². The number of phenolic OH excluding ortho intramolecular Hbond substituents is 1. The Morgan fingerprint density at radius 3 is 1.44 bits per heavy atom. The standard InChI is InChI=1S/C69H103N16O22P/c1-5-38(4)57(65(98)78-46(33-40-19-23-42(24-20-40)107-108(104,105)106)61(94)76-45(32-39-17-21-41(87)22-18-39)60(93)74-43(12-6-7-27-70)59(92)80-56(37(2)3)69(102)103)81-62(95)47(34-54(73)89)77-64(97)50-14-9-30-84(50)68(101)52-16-11-31-85(52)66(99)48(36-86)79-58(91)44(25-26-53(72)88)75-63(96)49-13-8-29-83(49)67(100)51-15-10-28-82(51)55(90)35-71/h17-24,37-38,43-52,56-57,86-87H,5-16,25-36,70-71H2,1-4H3,(H2,72,88)(H2,73,89)(H,74,93)(H,75,96)(H,76,94)(H,77,97)(H,78,98)(H,79,91)(H,80,92)(H,81,95)(H,102,103)(H2,104,105,106)/t38-,43-,44-,45-,46-,47-,48-,49-,50-,51-,52-,56-,57-/m0/s1. The maximum atomic E-state index is 14.9. The summed E-state index contributed by atoms with van der Waals surface area (Å²) < 4.78 is 16.4. The number of carbonyl (C=O) groups is 15. The Bertz CT molecular complexity index is 3620. The molecule has 0 unspecified atom stereocenters. The maximum Gasteiger partial charge on any atom is 0.524 e. The van der Waals surface area contributed by atoms with Crippen molar-refractivity contribution in [2.45, 2.75) is 209 Å². The summed E-state index contributed by atoms with van der Waals surface area (Å²) in [7, 11) is -5.05. The summed E-state index contributed by atoms with van der Waals surface area (Å²) in [4.78, 5) is 232.